The van der Waals surface area contributed by atoms with E-state index in [0.29, 0.717) is 12.2 Å². The van der Waals surface area contributed by atoms with Gasteiger partial charge in [-0.05, 0) is 61.1 Å². The minimum atomic E-state index is -1.26. The maximum atomic E-state index is 9.55. The molecule has 0 radical (unpaired) electrons. The third kappa shape index (κ3) is 10.1. The van der Waals surface area contributed by atoms with Gasteiger partial charge in [0, 0.05) is 30.3 Å². The summed E-state index contributed by atoms with van der Waals surface area (Å²) in [6.45, 7) is 3.44. The van der Waals surface area contributed by atoms with Gasteiger partial charge in [-0.1, -0.05) is 60.1 Å². The van der Waals surface area contributed by atoms with Crippen molar-refractivity contribution in [2.75, 3.05) is 19.6 Å². The second kappa shape index (κ2) is 13.4. The third-order valence-corrected chi connectivity index (χ3v) is 5.16. The van der Waals surface area contributed by atoms with Gasteiger partial charge in [-0.15, -0.1) is 0 Å². The molecule has 0 atom stereocenters. The van der Waals surface area contributed by atoms with Crippen molar-refractivity contribution in [3.8, 4) is 0 Å². The molecule has 0 saturated carbocycles. The van der Waals surface area contributed by atoms with Crippen molar-refractivity contribution in [1.82, 2.24) is 4.90 Å². The lowest BCUT2D eigenvalue weighted by atomic mass is 9.99. The summed E-state index contributed by atoms with van der Waals surface area (Å²) >= 11 is 5.96. The fraction of sp³-hybridized carbons (Fsp3) is 0.280. The summed E-state index contributed by atoms with van der Waals surface area (Å²) in [5.74, 6) is -2.51. The fourth-order valence-corrected chi connectivity index (χ4v) is 3.42. The lowest BCUT2D eigenvalue weighted by Crippen LogP contribution is -2.29. The first-order valence-electron chi connectivity index (χ1n) is 10.3. The van der Waals surface area contributed by atoms with Crippen LogP contribution in [0.4, 0.5) is 0 Å². The van der Waals surface area contributed by atoms with Crippen LogP contribution in [0.2, 0.25) is 5.02 Å². The number of unbranched alkanes of at least 4 members (excludes halogenated alkanes) is 1. The van der Waals surface area contributed by atoms with Crippen LogP contribution in [0.3, 0.4) is 0 Å². The highest BCUT2D eigenvalue weighted by molar-refractivity contribution is 6.30. The summed E-state index contributed by atoms with van der Waals surface area (Å²) in [6, 6.07) is 19.0. The SMILES string of the molecule is Clc1ccc(C2=CCN(CCCCc3ccccc3)CC2)cc1.O=C(O)C=CC(=O)O. The first-order valence-corrected chi connectivity index (χ1v) is 10.7. The van der Waals surface area contributed by atoms with E-state index in [1.165, 1.54) is 49.1 Å². The summed E-state index contributed by atoms with van der Waals surface area (Å²) in [6.07, 6.45) is 8.38. The van der Waals surface area contributed by atoms with E-state index >= 15 is 0 Å². The van der Waals surface area contributed by atoms with E-state index in [0.717, 1.165) is 18.0 Å². The number of aryl methyl sites for hydroxylation is 1. The van der Waals surface area contributed by atoms with Crippen LogP contribution in [0.1, 0.15) is 30.4 Å². The molecule has 2 aromatic rings. The number of hydrogen-bond donors (Lipinski definition) is 2. The summed E-state index contributed by atoms with van der Waals surface area (Å²) in [7, 11) is 0. The predicted octanol–water partition coefficient (Wildman–Crippen LogP) is 5.16. The van der Waals surface area contributed by atoms with Crippen molar-refractivity contribution in [1.29, 1.82) is 0 Å². The van der Waals surface area contributed by atoms with Gasteiger partial charge in [0.15, 0.2) is 0 Å². The number of benzene rings is 2. The monoisotopic (exact) mass is 441 g/mol. The summed E-state index contributed by atoms with van der Waals surface area (Å²) < 4.78 is 0. The molecule has 0 aromatic heterocycles. The molecule has 0 bridgehead atoms. The van der Waals surface area contributed by atoms with Gasteiger partial charge in [-0.2, -0.15) is 0 Å². The molecule has 1 aliphatic heterocycles. The standard InChI is InChI=1S/C21H24ClN.C4H4O4/c22-21-11-9-19(10-12-21)20-13-16-23(17-14-20)15-5-4-8-18-6-2-1-3-7-18;5-3(6)1-2-4(7)8/h1-3,6-7,9-13H,4-5,8,14-17H2;1-2H,(H,5,6)(H,7,8). The highest BCUT2D eigenvalue weighted by atomic mass is 35.5. The third-order valence-electron chi connectivity index (χ3n) is 4.91. The van der Waals surface area contributed by atoms with Gasteiger partial charge in [0.05, 0.1) is 0 Å². The maximum absolute atomic E-state index is 9.55. The quantitative estimate of drug-likeness (QED) is 0.436. The number of nitrogens with zero attached hydrogens (tertiary/aromatic N) is 1. The molecule has 6 heteroatoms. The topological polar surface area (TPSA) is 77.8 Å². The zero-order chi connectivity index (χ0) is 22.5. The molecule has 0 spiro atoms. The Kier molecular flexibility index (Phi) is 10.6. The van der Waals surface area contributed by atoms with E-state index in [2.05, 4.69) is 53.4 Å². The minimum Gasteiger partial charge on any atom is -0.478 e. The van der Waals surface area contributed by atoms with Crippen molar-refractivity contribution >= 4 is 29.1 Å². The second-order valence-electron chi connectivity index (χ2n) is 7.24. The van der Waals surface area contributed by atoms with Gasteiger partial charge < -0.3 is 10.2 Å². The van der Waals surface area contributed by atoms with E-state index < -0.39 is 11.9 Å². The predicted molar refractivity (Wildman–Crippen MR) is 124 cm³/mol. The van der Waals surface area contributed by atoms with E-state index in [9.17, 15) is 9.59 Å². The normalized spacial score (nSPS) is 13.9. The van der Waals surface area contributed by atoms with Gasteiger partial charge in [-0.25, -0.2) is 9.59 Å². The molecule has 0 aliphatic carbocycles. The van der Waals surface area contributed by atoms with E-state index in [4.69, 9.17) is 21.8 Å². The first kappa shape index (κ1) is 24.4. The molecule has 5 nitrogen and oxygen atoms in total. The zero-order valence-corrected chi connectivity index (χ0v) is 18.2. The molecule has 0 unspecified atom stereocenters. The Balaban J connectivity index is 0.000000366. The van der Waals surface area contributed by atoms with E-state index in [1.807, 2.05) is 12.1 Å². The van der Waals surface area contributed by atoms with E-state index in [1.54, 1.807) is 0 Å². The minimum absolute atomic E-state index is 0.558. The number of hydrogen-bond acceptors (Lipinski definition) is 3. The Bertz CT molecular complexity index is 875. The summed E-state index contributed by atoms with van der Waals surface area (Å²) in [5, 5.41) is 16.4. The molecule has 0 fully saturated rings. The van der Waals surface area contributed by atoms with Crippen LogP contribution in [0.25, 0.3) is 5.57 Å². The lowest BCUT2D eigenvalue weighted by molar-refractivity contribution is -0.134. The van der Waals surface area contributed by atoms with Gasteiger partial charge in [0.2, 0.25) is 0 Å². The van der Waals surface area contributed by atoms with Crippen LogP contribution >= 0.6 is 11.6 Å². The molecular formula is C25H28ClNO4. The molecular weight excluding hydrogens is 414 g/mol. The van der Waals surface area contributed by atoms with Crippen molar-refractivity contribution in [3.63, 3.8) is 0 Å². The van der Waals surface area contributed by atoms with Gasteiger partial charge in [0.25, 0.3) is 0 Å². The Morgan fingerprint density at radius 1 is 0.935 bits per heavy atom. The number of carboxylic acids is 2. The highest BCUT2D eigenvalue weighted by Gasteiger charge is 2.12. The zero-order valence-electron chi connectivity index (χ0n) is 17.4. The van der Waals surface area contributed by atoms with Crippen LogP contribution in [-0.2, 0) is 16.0 Å². The summed E-state index contributed by atoms with van der Waals surface area (Å²) in [5.41, 5.74) is 4.23. The van der Waals surface area contributed by atoms with Crippen molar-refractivity contribution in [3.05, 3.63) is 89.0 Å². The number of rotatable bonds is 8. The Labute approximate surface area is 188 Å². The van der Waals surface area contributed by atoms with Crippen LogP contribution in [-0.4, -0.2) is 46.7 Å². The van der Waals surface area contributed by atoms with Crippen molar-refractivity contribution < 1.29 is 19.8 Å². The van der Waals surface area contributed by atoms with Gasteiger partial charge >= 0.3 is 11.9 Å². The molecule has 164 valence electrons. The van der Waals surface area contributed by atoms with E-state index in [-0.39, 0.29) is 0 Å². The molecule has 1 aliphatic rings. The Morgan fingerprint density at radius 3 is 2.13 bits per heavy atom. The van der Waals surface area contributed by atoms with Crippen molar-refractivity contribution in [2.24, 2.45) is 0 Å². The average Bonchev–Trinajstić information content (AvgIpc) is 2.77. The molecule has 2 N–H and O–H groups in total. The molecule has 1 heterocycles. The number of aliphatic carboxylic acids is 2. The average molecular weight is 442 g/mol. The van der Waals surface area contributed by atoms with Crippen molar-refractivity contribution in [2.45, 2.75) is 25.7 Å². The van der Waals surface area contributed by atoms with Gasteiger partial charge in [0.1, 0.15) is 0 Å². The second-order valence-corrected chi connectivity index (χ2v) is 7.68. The number of carbonyl (C=O) groups is 2. The molecule has 0 saturated heterocycles. The number of carboxylic acid groups (broad SMARTS) is 2. The smallest absolute Gasteiger partial charge is 0.328 e. The molecule has 0 amide bonds. The summed E-state index contributed by atoms with van der Waals surface area (Å²) in [4.78, 5) is 21.7. The van der Waals surface area contributed by atoms with Crippen LogP contribution < -0.4 is 0 Å². The molecule has 2 aromatic carbocycles. The molecule has 3 rings (SSSR count). The largest absolute Gasteiger partial charge is 0.478 e. The fourth-order valence-electron chi connectivity index (χ4n) is 3.29. The van der Waals surface area contributed by atoms with Crippen LogP contribution in [0, 0.1) is 0 Å². The lowest BCUT2D eigenvalue weighted by Gasteiger charge is -2.26. The van der Waals surface area contributed by atoms with Gasteiger partial charge in [-0.3, -0.25) is 4.90 Å². The maximum Gasteiger partial charge on any atom is 0.328 e. The van der Waals surface area contributed by atoms with Crippen LogP contribution in [0.5, 0.6) is 0 Å². The highest BCUT2D eigenvalue weighted by Crippen LogP contribution is 2.23. The Hall–Kier alpha value is -2.89. The van der Waals surface area contributed by atoms with Crippen LogP contribution in [0.15, 0.2) is 72.8 Å². The number of halogens is 1. The first-order chi connectivity index (χ1) is 14.9. The molecule has 31 heavy (non-hydrogen) atoms. The Morgan fingerprint density at radius 2 is 1.58 bits per heavy atom.